The maximum Gasteiger partial charge on any atom is 0.222 e. The van der Waals surface area contributed by atoms with E-state index in [2.05, 4.69) is 22.3 Å². The number of aliphatic hydroxyl groups excluding tert-OH is 1. The van der Waals surface area contributed by atoms with Gasteiger partial charge < -0.3 is 10.0 Å². The molecule has 0 saturated carbocycles. The Morgan fingerprint density at radius 3 is 2.88 bits per heavy atom. The molecule has 2 atom stereocenters. The minimum absolute atomic E-state index is 0.109. The van der Waals surface area contributed by atoms with Gasteiger partial charge in [-0.15, -0.1) is 0 Å². The van der Waals surface area contributed by atoms with Crippen LogP contribution in [0.1, 0.15) is 36.8 Å². The van der Waals surface area contributed by atoms with Crippen LogP contribution < -0.4 is 0 Å². The van der Waals surface area contributed by atoms with Crippen molar-refractivity contribution >= 4 is 5.91 Å². The van der Waals surface area contributed by atoms with Crippen molar-refractivity contribution in [1.29, 1.82) is 0 Å². The highest BCUT2D eigenvalue weighted by atomic mass is 16.3. The molecule has 2 aromatic rings. The maximum atomic E-state index is 12.7. The van der Waals surface area contributed by atoms with Gasteiger partial charge in [0.1, 0.15) is 0 Å². The summed E-state index contributed by atoms with van der Waals surface area (Å²) in [6.07, 6.45) is 7.78. The first kappa shape index (κ1) is 16.7. The summed E-state index contributed by atoms with van der Waals surface area (Å²) in [5, 5.41) is 17.1. The number of aryl methyl sites for hydroxylation is 1. The van der Waals surface area contributed by atoms with Crippen molar-refractivity contribution in [3.8, 4) is 0 Å². The van der Waals surface area contributed by atoms with Crippen LogP contribution in [-0.4, -0.2) is 44.8 Å². The van der Waals surface area contributed by atoms with Gasteiger partial charge in [0.15, 0.2) is 0 Å². The number of H-pyrrole nitrogens is 1. The second-order valence-corrected chi connectivity index (χ2v) is 6.51. The fourth-order valence-corrected chi connectivity index (χ4v) is 3.45. The number of piperidine rings is 1. The SMILES string of the molecule is O=C(CCCc1cn[nH]c1)N1CCC[C@H](O)[C@@H]1Cc1ccccc1. The zero-order valence-electron chi connectivity index (χ0n) is 13.9. The number of nitrogens with zero attached hydrogens (tertiary/aromatic N) is 2. The first-order valence-corrected chi connectivity index (χ1v) is 8.73. The Bertz CT molecular complexity index is 627. The second-order valence-electron chi connectivity index (χ2n) is 6.51. The predicted octanol–water partition coefficient (Wildman–Crippen LogP) is 2.33. The summed E-state index contributed by atoms with van der Waals surface area (Å²) in [5.74, 6) is 0.151. The van der Waals surface area contributed by atoms with Crippen LogP contribution in [0.3, 0.4) is 0 Å². The number of rotatable bonds is 6. The molecule has 0 aliphatic carbocycles. The molecule has 1 aromatic carbocycles. The predicted molar refractivity (Wildman–Crippen MR) is 92.4 cm³/mol. The molecule has 3 rings (SSSR count). The molecule has 1 fully saturated rings. The molecular weight excluding hydrogens is 302 g/mol. The van der Waals surface area contributed by atoms with E-state index in [1.54, 1.807) is 6.20 Å². The molecule has 1 aromatic heterocycles. The highest BCUT2D eigenvalue weighted by Crippen LogP contribution is 2.22. The Morgan fingerprint density at radius 1 is 1.29 bits per heavy atom. The monoisotopic (exact) mass is 327 g/mol. The average molecular weight is 327 g/mol. The summed E-state index contributed by atoms with van der Waals surface area (Å²) in [5.41, 5.74) is 2.29. The van der Waals surface area contributed by atoms with Gasteiger partial charge in [0.05, 0.1) is 18.3 Å². The Labute approximate surface area is 142 Å². The Morgan fingerprint density at radius 2 is 2.12 bits per heavy atom. The van der Waals surface area contributed by atoms with Gasteiger partial charge in [0, 0.05) is 19.2 Å². The van der Waals surface area contributed by atoms with Gasteiger partial charge in [0.2, 0.25) is 5.91 Å². The van der Waals surface area contributed by atoms with E-state index >= 15 is 0 Å². The highest BCUT2D eigenvalue weighted by Gasteiger charge is 2.32. The van der Waals surface area contributed by atoms with Crippen molar-refractivity contribution < 1.29 is 9.90 Å². The number of aliphatic hydroxyl groups is 1. The smallest absolute Gasteiger partial charge is 0.222 e. The summed E-state index contributed by atoms with van der Waals surface area (Å²) >= 11 is 0. The van der Waals surface area contributed by atoms with Gasteiger partial charge in [-0.25, -0.2) is 0 Å². The molecule has 2 N–H and O–H groups in total. The van der Waals surface area contributed by atoms with Crippen LogP contribution in [0.25, 0.3) is 0 Å². The third-order valence-electron chi connectivity index (χ3n) is 4.76. The number of carbonyl (C=O) groups is 1. The summed E-state index contributed by atoms with van der Waals surface area (Å²) in [4.78, 5) is 14.6. The molecule has 1 saturated heterocycles. The molecule has 5 heteroatoms. The average Bonchev–Trinajstić information content (AvgIpc) is 3.11. The number of likely N-dealkylation sites (tertiary alicyclic amines) is 1. The molecule has 5 nitrogen and oxygen atoms in total. The normalized spacial score (nSPS) is 21.0. The first-order chi connectivity index (χ1) is 11.7. The van der Waals surface area contributed by atoms with Crippen LogP contribution >= 0.6 is 0 Å². The molecule has 1 amide bonds. The van der Waals surface area contributed by atoms with E-state index < -0.39 is 6.10 Å². The van der Waals surface area contributed by atoms with Crippen molar-refractivity contribution in [1.82, 2.24) is 15.1 Å². The Kier molecular flexibility index (Phi) is 5.64. The molecule has 2 heterocycles. The molecule has 0 spiro atoms. The van der Waals surface area contributed by atoms with Gasteiger partial charge in [-0.1, -0.05) is 30.3 Å². The zero-order valence-corrected chi connectivity index (χ0v) is 13.9. The van der Waals surface area contributed by atoms with Gasteiger partial charge >= 0.3 is 0 Å². The van der Waals surface area contributed by atoms with E-state index in [4.69, 9.17) is 0 Å². The summed E-state index contributed by atoms with van der Waals surface area (Å²) in [7, 11) is 0. The fraction of sp³-hybridized carbons (Fsp3) is 0.474. The van der Waals surface area contributed by atoms with Gasteiger partial charge in [-0.05, 0) is 43.2 Å². The maximum absolute atomic E-state index is 12.7. The number of benzene rings is 1. The topological polar surface area (TPSA) is 69.2 Å². The summed E-state index contributed by atoms with van der Waals surface area (Å²) < 4.78 is 0. The van der Waals surface area contributed by atoms with E-state index in [-0.39, 0.29) is 11.9 Å². The number of amides is 1. The van der Waals surface area contributed by atoms with Crippen LogP contribution in [0.4, 0.5) is 0 Å². The lowest BCUT2D eigenvalue weighted by Crippen LogP contribution is -2.52. The van der Waals surface area contributed by atoms with E-state index in [0.29, 0.717) is 6.42 Å². The van der Waals surface area contributed by atoms with Gasteiger partial charge in [0.25, 0.3) is 0 Å². The second kappa shape index (κ2) is 8.11. The van der Waals surface area contributed by atoms with E-state index in [1.807, 2.05) is 29.3 Å². The fourth-order valence-electron chi connectivity index (χ4n) is 3.45. The first-order valence-electron chi connectivity index (χ1n) is 8.73. The molecule has 0 bridgehead atoms. The lowest BCUT2D eigenvalue weighted by atomic mass is 9.92. The standard InChI is InChI=1S/C19H25N3O2/c23-18-9-5-11-22(17(18)12-15-6-2-1-3-7-15)19(24)10-4-8-16-13-20-21-14-16/h1-3,6-7,13-14,17-18,23H,4-5,8-12H2,(H,20,21)/t17-,18-/m0/s1. The van der Waals surface area contributed by atoms with Crippen molar-refractivity contribution in [3.63, 3.8) is 0 Å². The van der Waals surface area contributed by atoms with E-state index in [0.717, 1.165) is 44.2 Å². The van der Waals surface area contributed by atoms with Crippen molar-refractivity contribution in [2.75, 3.05) is 6.54 Å². The molecular formula is C19H25N3O2. The number of aromatic nitrogens is 2. The number of carbonyl (C=O) groups excluding carboxylic acids is 1. The summed E-state index contributed by atoms with van der Waals surface area (Å²) in [6.45, 7) is 0.749. The minimum Gasteiger partial charge on any atom is -0.391 e. The number of nitrogens with one attached hydrogen (secondary N) is 1. The third-order valence-corrected chi connectivity index (χ3v) is 4.76. The minimum atomic E-state index is -0.434. The van der Waals surface area contributed by atoms with Gasteiger partial charge in [-0.2, -0.15) is 5.10 Å². The number of hydrogen-bond donors (Lipinski definition) is 2. The van der Waals surface area contributed by atoms with Crippen molar-refractivity contribution in [3.05, 3.63) is 53.9 Å². The third kappa shape index (κ3) is 4.23. The zero-order chi connectivity index (χ0) is 16.8. The quantitative estimate of drug-likeness (QED) is 0.855. The van der Waals surface area contributed by atoms with E-state index in [9.17, 15) is 9.90 Å². The molecule has 1 aliphatic rings. The molecule has 1 aliphatic heterocycles. The van der Waals surface area contributed by atoms with Crippen LogP contribution in [0.15, 0.2) is 42.7 Å². The Hall–Kier alpha value is -2.14. The van der Waals surface area contributed by atoms with Crippen molar-refractivity contribution in [2.24, 2.45) is 0 Å². The van der Waals surface area contributed by atoms with Crippen LogP contribution in [-0.2, 0) is 17.6 Å². The molecule has 0 unspecified atom stereocenters. The number of hydrogen-bond acceptors (Lipinski definition) is 3. The van der Waals surface area contributed by atoms with Crippen LogP contribution in [0.2, 0.25) is 0 Å². The van der Waals surface area contributed by atoms with E-state index in [1.165, 1.54) is 5.56 Å². The lowest BCUT2D eigenvalue weighted by Gasteiger charge is -2.39. The van der Waals surface area contributed by atoms with Gasteiger partial charge in [-0.3, -0.25) is 9.89 Å². The lowest BCUT2D eigenvalue weighted by molar-refractivity contribution is -0.138. The van der Waals surface area contributed by atoms with Crippen molar-refractivity contribution in [2.45, 2.75) is 50.7 Å². The number of aromatic amines is 1. The Balaban J connectivity index is 1.59. The highest BCUT2D eigenvalue weighted by molar-refractivity contribution is 5.76. The molecule has 24 heavy (non-hydrogen) atoms. The summed E-state index contributed by atoms with van der Waals surface area (Å²) in [6, 6.07) is 10.00. The molecule has 128 valence electrons. The largest absolute Gasteiger partial charge is 0.391 e. The van der Waals surface area contributed by atoms with Crippen LogP contribution in [0.5, 0.6) is 0 Å². The molecule has 0 radical (unpaired) electrons. The van der Waals surface area contributed by atoms with Crippen LogP contribution in [0, 0.1) is 0 Å².